The number of ether oxygens (including phenoxy) is 1. The summed E-state index contributed by atoms with van der Waals surface area (Å²) in [5, 5.41) is 9.77. The number of aryl methyl sites for hydroxylation is 1. The lowest BCUT2D eigenvalue weighted by Gasteiger charge is -2.17. The molecule has 0 fully saturated rings. The standard InChI is InChI=1S/C19H26N2O4/c1-13-14(2)21(10-11-25-4)17-8-7-15(12-16(13)17)19(24)20(3)9-5-6-18(22)23/h7-8,12H,5-6,9-11H2,1-4H3,(H,22,23). The number of nitrogens with zero attached hydrogens (tertiary/aromatic N) is 2. The summed E-state index contributed by atoms with van der Waals surface area (Å²) in [6, 6.07) is 5.74. The number of amides is 1. The van der Waals surface area contributed by atoms with Crippen LogP contribution >= 0.6 is 0 Å². The molecule has 0 saturated carbocycles. The van der Waals surface area contributed by atoms with E-state index < -0.39 is 5.97 Å². The zero-order valence-electron chi connectivity index (χ0n) is 15.3. The molecule has 0 unspecified atom stereocenters. The second kappa shape index (κ2) is 8.16. The maximum atomic E-state index is 12.6. The van der Waals surface area contributed by atoms with Crippen molar-refractivity contribution < 1.29 is 19.4 Å². The van der Waals surface area contributed by atoms with Gasteiger partial charge in [-0.05, 0) is 44.0 Å². The molecule has 2 rings (SSSR count). The fourth-order valence-corrected chi connectivity index (χ4v) is 3.04. The smallest absolute Gasteiger partial charge is 0.303 e. The van der Waals surface area contributed by atoms with Crippen LogP contribution in [0, 0.1) is 13.8 Å². The number of carboxylic acids is 1. The van der Waals surface area contributed by atoms with E-state index in [1.54, 1.807) is 19.1 Å². The maximum Gasteiger partial charge on any atom is 0.303 e. The minimum absolute atomic E-state index is 0.0668. The number of carbonyl (C=O) groups excluding carboxylic acids is 1. The Hall–Kier alpha value is -2.34. The van der Waals surface area contributed by atoms with Crippen molar-refractivity contribution in [3.63, 3.8) is 0 Å². The summed E-state index contributed by atoms with van der Waals surface area (Å²) in [4.78, 5) is 24.8. The summed E-state index contributed by atoms with van der Waals surface area (Å²) in [6.07, 6.45) is 0.517. The molecule has 25 heavy (non-hydrogen) atoms. The van der Waals surface area contributed by atoms with Gasteiger partial charge in [0.2, 0.25) is 0 Å². The molecular weight excluding hydrogens is 320 g/mol. The number of aliphatic carboxylic acids is 1. The van der Waals surface area contributed by atoms with Gasteiger partial charge in [0.05, 0.1) is 6.61 Å². The average molecular weight is 346 g/mol. The Morgan fingerprint density at radius 3 is 2.64 bits per heavy atom. The van der Waals surface area contributed by atoms with Crippen molar-refractivity contribution in [2.24, 2.45) is 0 Å². The van der Waals surface area contributed by atoms with E-state index in [0.29, 0.717) is 25.1 Å². The first-order chi connectivity index (χ1) is 11.9. The first kappa shape index (κ1) is 19.0. The molecule has 6 heteroatoms. The molecule has 0 aliphatic carbocycles. The largest absolute Gasteiger partial charge is 0.481 e. The fourth-order valence-electron chi connectivity index (χ4n) is 3.04. The van der Waals surface area contributed by atoms with Gasteiger partial charge in [-0.2, -0.15) is 0 Å². The van der Waals surface area contributed by atoms with Gasteiger partial charge in [-0.25, -0.2) is 0 Å². The van der Waals surface area contributed by atoms with E-state index in [-0.39, 0.29) is 12.3 Å². The number of benzene rings is 1. The zero-order chi connectivity index (χ0) is 18.6. The van der Waals surface area contributed by atoms with E-state index in [9.17, 15) is 9.59 Å². The molecule has 0 radical (unpaired) electrons. The van der Waals surface area contributed by atoms with Gasteiger partial charge in [0.1, 0.15) is 0 Å². The Bertz CT molecular complexity index is 779. The van der Waals surface area contributed by atoms with Gasteiger partial charge >= 0.3 is 5.97 Å². The third-order valence-corrected chi connectivity index (χ3v) is 4.64. The summed E-state index contributed by atoms with van der Waals surface area (Å²) in [6.45, 7) is 5.97. The molecule has 0 aliphatic heterocycles. The molecule has 2 aromatic rings. The van der Waals surface area contributed by atoms with Crippen molar-refractivity contribution in [1.29, 1.82) is 0 Å². The highest BCUT2D eigenvalue weighted by Gasteiger charge is 2.16. The molecule has 0 atom stereocenters. The van der Waals surface area contributed by atoms with Crippen molar-refractivity contribution in [2.45, 2.75) is 33.2 Å². The first-order valence-corrected chi connectivity index (χ1v) is 8.42. The van der Waals surface area contributed by atoms with Crippen molar-refractivity contribution in [3.05, 3.63) is 35.0 Å². The van der Waals surface area contributed by atoms with Gasteiger partial charge in [-0.15, -0.1) is 0 Å². The lowest BCUT2D eigenvalue weighted by atomic mass is 10.1. The molecule has 1 aromatic carbocycles. The minimum Gasteiger partial charge on any atom is -0.481 e. The molecule has 1 amide bonds. The van der Waals surface area contributed by atoms with Crippen molar-refractivity contribution in [3.8, 4) is 0 Å². The van der Waals surface area contributed by atoms with Crippen LogP contribution < -0.4 is 0 Å². The normalized spacial score (nSPS) is 11.0. The Kier molecular flexibility index (Phi) is 6.20. The first-order valence-electron chi connectivity index (χ1n) is 8.42. The number of carboxylic acid groups (broad SMARTS) is 1. The number of rotatable bonds is 8. The number of aromatic nitrogens is 1. The number of methoxy groups -OCH3 is 1. The van der Waals surface area contributed by atoms with Gasteiger partial charge in [-0.1, -0.05) is 0 Å². The molecule has 1 heterocycles. The van der Waals surface area contributed by atoms with Crippen LogP contribution in [0.5, 0.6) is 0 Å². The monoisotopic (exact) mass is 346 g/mol. The van der Waals surface area contributed by atoms with E-state index >= 15 is 0 Å². The highest BCUT2D eigenvalue weighted by atomic mass is 16.5. The summed E-state index contributed by atoms with van der Waals surface area (Å²) in [7, 11) is 3.39. The fraction of sp³-hybridized carbons (Fsp3) is 0.474. The zero-order valence-corrected chi connectivity index (χ0v) is 15.3. The molecule has 0 bridgehead atoms. The Balaban J connectivity index is 2.24. The lowest BCUT2D eigenvalue weighted by Crippen LogP contribution is -2.28. The van der Waals surface area contributed by atoms with Crippen LogP contribution in [-0.2, 0) is 16.1 Å². The molecule has 6 nitrogen and oxygen atoms in total. The van der Waals surface area contributed by atoms with E-state index in [1.165, 1.54) is 5.69 Å². The lowest BCUT2D eigenvalue weighted by molar-refractivity contribution is -0.137. The minimum atomic E-state index is -0.842. The average Bonchev–Trinajstić information content (AvgIpc) is 2.82. The van der Waals surface area contributed by atoms with Crippen LogP contribution in [0.25, 0.3) is 10.9 Å². The van der Waals surface area contributed by atoms with Gasteiger partial charge in [0.25, 0.3) is 5.91 Å². The molecule has 1 aromatic heterocycles. The van der Waals surface area contributed by atoms with Gasteiger partial charge in [0, 0.05) is 55.8 Å². The van der Waals surface area contributed by atoms with Crippen LogP contribution in [0.2, 0.25) is 0 Å². The van der Waals surface area contributed by atoms with E-state index in [2.05, 4.69) is 18.4 Å². The Morgan fingerprint density at radius 2 is 2.00 bits per heavy atom. The topological polar surface area (TPSA) is 71.8 Å². The number of carbonyl (C=O) groups is 2. The highest BCUT2D eigenvalue weighted by Crippen LogP contribution is 2.26. The molecule has 0 spiro atoms. The molecule has 1 N–H and O–H groups in total. The van der Waals surface area contributed by atoms with Gasteiger partial charge in [-0.3, -0.25) is 9.59 Å². The predicted octanol–water partition coefficient (Wildman–Crippen LogP) is 2.84. The van der Waals surface area contributed by atoms with E-state index in [1.807, 2.05) is 18.2 Å². The van der Waals surface area contributed by atoms with Crippen LogP contribution in [0.4, 0.5) is 0 Å². The van der Waals surface area contributed by atoms with Gasteiger partial charge < -0.3 is 19.3 Å². The van der Waals surface area contributed by atoms with E-state index in [0.717, 1.165) is 23.0 Å². The Morgan fingerprint density at radius 1 is 1.28 bits per heavy atom. The third-order valence-electron chi connectivity index (χ3n) is 4.64. The molecule has 136 valence electrons. The SMILES string of the molecule is COCCn1c(C)c(C)c2cc(C(=O)N(C)CCCC(=O)O)ccc21. The Labute approximate surface area is 148 Å². The maximum absolute atomic E-state index is 12.6. The molecular formula is C19H26N2O4. The van der Waals surface area contributed by atoms with Crippen molar-refractivity contribution in [2.75, 3.05) is 27.3 Å². The third kappa shape index (κ3) is 4.20. The van der Waals surface area contributed by atoms with Crippen LogP contribution in [0.3, 0.4) is 0 Å². The second-order valence-corrected chi connectivity index (χ2v) is 6.31. The van der Waals surface area contributed by atoms with Crippen LogP contribution in [0.15, 0.2) is 18.2 Å². The number of hydrogen-bond acceptors (Lipinski definition) is 3. The second-order valence-electron chi connectivity index (χ2n) is 6.31. The van der Waals surface area contributed by atoms with Crippen molar-refractivity contribution in [1.82, 2.24) is 9.47 Å². The van der Waals surface area contributed by atoms with Crippen LogP contribution in [0.1, 0.15) is 34.5 Å². The summed E-state index contributed by atoms with van der Waals surface area (Å²) in [5.41, 5.74) is 4.05. The number of fused-ring (bicyclic) bond motifs is 1. The van der Waals surface area contributed by atoms with Crippen molar-refractivity contribution >= 4 is 22.8 Å². The quantitative estimate of drug-likeness (QED) is 0.798. The van der Waals surface area contributed by atoms with Gasteiger partial charge in [0.15, 0.2) is 0 Å². The number of hydrogen-bond donors (Lipinski definition) is 1. The summed E-state index contributed by atoms with van der Waals surface area (Å²) < 4.78 is 7.39. The summed E-state index contributed by atoms with van der Waals surface area (Å²) >= 11 is 0. The molecule has 0 aliphatic rings. The van der Waals surface area contributed by atoms with E-state index in [4.69, 9.17) is 9.84 Å². The summed E-state index contributed by atoms with van der Waals surface area (Å²) in [5.74, 6) is -0.931. The highest BCUT2D eigenvalue weighted by molar-refractivity contribution is 5.99. The molecule has 0 saturated heterocycles. The predicted molar refractivity (Wildman–Crippen MR) is 97.1 cm³/mol. The van der Waals surface area contributed by atoms with Crippen LogP contribution in [-0.4, -0.2) is 53.8 Å².